The third-order valence-corrected chi connectivity index (χ3v) is 2.75. The van der Waals surface area contributed by atoms with Crippen molar-refractivity contribution in [3.8, 4) is 0 Å². The Morgan fingerprint density at radius 1 is 1.30 bits per heavy atom. The summed E-state index contributed by atoms with van der Waals surface area (Å²) in [4.78, 5) is 0. The van der Waals surface area contributed by atoms with Gasteiger partial charge in [-0.15, -0.1) is 11.1 Å². The molecule has 1 heteroatoms. The molecule has 0 saturated carbocycles. The Kier molecular flexibility index (Phi) is 3.54. The van der Waals surface area contributed by atoms with Gasteiger partial charge in [0.05, 0.1) is 0 Å². The van der Waals surface area contributed by atoms with E-state index in [9.17, 15) is 0 Å². The molecule has 0 amide bonds. The first-order valence-electron chi connectivity index (χ1n) is 3.58. The fourth-order valence-electron chi connectivity index (χ4n) is 0.913. The lowest BCUT2D eigenvalue weighted by atomic mass is 10.2. The second kappa shape index (κ2) is 4.53. The molecule has 0 heterocycles. The zero-order chi connectivity index (χ0) is 7.23. The highest BCUT2D eigenvalue weighted by atomic mass is 24.5. The van der Waals surface area contributed by atoms with Crippen LogP contribution in [0.4, 0.5) is 0 Å². The first kappa shape index (κ1) is 7.83. The highest BCUT2D eigenvalue weighted by molar-refractivity contribution is 6.41. The van der Waals surface area contributed by atoms with E-state index in [1.165, 1.54) is 10.1 Å². The molecular weight excluding hydrogens is 132 g/mol. The molecule has 0 aliphatic heterocycles. The summed E-state index contributed by atoms with van der Waals surface area (Å²) in [7, 11) is 0. The van der Waals surface area contributed by atoms with E-state index >= 15 is 0 Å². The molecule has 0 nitrogen and oxygen atoms in total. The number of benzene rings is 1. The van der Waals surface area contributed by atoms with E-state index < -0.39 is 0 Å². The Labute approximate surface area is 71.7 Å². The first-order valence-corrected chi connectivity index (χ1v) is 5.40. The molecule has 0 unspecified atom stereocenters. The topological polar surface area (TPSA) is 0 Å². The summed E-state index contributed by atoms with van der Waals surface area (Å²) in [6.07, 6.45) is 0. The van der Waals surface area contributed by atoms with Crippen LogP contribution in [0.1, 0.15) is 5.56 Å². The van der Waals surface area contributed by atoms with Crippen LogP contribution in [0.2, 0.25) is 0 Å². The predicted molar refractivity (Wildman–Crippen MR) is 46.1 cm³/mol. The van der Waals surface area contributed by atoms with E-state index in [0.29, 0.717) is 0 Å². The summed E-state index contributed by atoms with van der Waals surface area (Å²) in [6.45, 7) is 3.74. The van der Waals surface area contributed by atoms with E-state index in [0.717, 1.165) is 0 Å². The van der Waals surface area contributed by atoms with Crippen LogP contribution in [0.25, 0.3) is 0 Å². The van der Waals surface area contributed by atoms with Crippen LogP contribution in [0.15, 0.2) is 41.1 Å². The summed E-state index contributed by atoms with van der Waals surface area (Å²) < 4.78 is 3.34. The second-order valence-electron chi connectivity index (χ2n) is 2.31. The van der Waals surface area contributed by atoms with Gasteiger partial charge in [0.2, 0.25) is 0 Å². The standard InChI is InChI=1S/C7H7.C2H3.Mg/c1-7-5-3-2-4-6-7;1-2;/h2-6H,1H2;1H,2H2;. The van der Waals surface area contributed by atoms with Crippen LogP contribution in [0, 0.1) is 0 Å². The van der Waals surface area contributed by atoms with Gasteiger partial charge in [-0.25, -0.2) is 4.21 Å². The van der Waals surface area contributed by atoms with Gasteiger partial charge >= 0.3 is 20.4 Å². The molecule has 10 heavy (non-hydrogen) atoms. The summed E-state index contributed by atoms with van der Waals surface area (Å²) >= 11 is -0.0127. The monoisotopic (exact) mass is 142 g/mol. The second-order valence-corrected chi connectivity index (χ2v) is 3.97. The molecule has 0 aliphatic rings. The average molecular weight is 142 g/mol. The summed E-state index contributed by atoms with van der Waals surface area (Å²) in [5.41, 5.74) is 1.45. The van der Waals surface area contributed by atoms with Crippen molar-refractivity contribution in [2.75, 3.05) is 0 Å². The van der Waals surface area contributed by atoms with Gasteiger partial charge in [-0.1, -0.05) is 35.9 Å². The minimum Gasteiger partial charge on any atom is -0.213 e. The van der Waals surface area contributed by atoms with Crippen molar-refractivity contribution < 1.29 is 0 Å². The molecule has 1 rings (SSSR count). The minimum absolute atomic E-state index is 0.0127. The lowest BCUT2D eigenvalue weighted by Crippen LogP contribution is -1.91. The number of hydrogen-bond acceptors (Lipinski definition) is 0. The molecule has 0 atom stereocenters. The fourth-order valence-corrected chi connectivity index (χ4v) is 1.78. The van der Waals surface area contributed by atoms with Crippen molar-refractivity contribution >= 4 is 20.4 Å². The first-order chi connectivity index (χ1) is 4.93. The van der Waals surface area contributed by atoms with Gasteiger partial charge in [0.1, 0.15) is 0 Å². The predicted octanol–water partition coefficient (Wildman–Crippen LogP) is 2.03. The Bertz CT molecular complexity index is 191. The van der Waals surface area contributed by atoms with Gasteiger partial charge in [-0.2, -0.15) is 0 Å². The molecular formula is C9H10Mg. The van der Waals surface area contributed by atoms with Crippen LogP contribution >= 0.6 is 0 Å². The maximum atomic E-state index is 3.74. The summed E-state index contributed by atoms with van der Waals surface area (Å²) in [6, 6.07) is 10.6. The van der Waals surface area contributed by atoms with Crippen molar-refractivity contribution in [3.63, 3.8) is 0 Å². The Hall–Kier alpha value is -0.274. The average Bonchev–Trinajstić information content (AvgIpc) is 2.03. The van der Waals surface area contributed by atoms with Gasteiger partial charge in [-0.3, -0.25) is 0 Å². The lowest BCUT2D eigenvalue weighted by Gasteiger charge is -1.93. The van der Waals surface area contributed by atoms with Crippen LogP contribution in [0.5, 0.6) is 0 Å². The highest BCUT2D eigenvalue weighted by Gasteiger charge is 1.90. The van der Waals surface area contributed by atoms with Gasteiger partial charge in [0.15, 0.2) is 0 Å². The lowest BCUT2D eigenvalue weighted by molar-refractivity contribution is 1.39. The minimum atomic E-state index is -0.0127. The fraction of sp³-hybridized carbons (Fsp3) is 0.111. The molecule has 0 aliphatic carbocycles. The Morgan fingerprint density at radius 3 is 2.60 bits per heavy atom. The third kappa shape index (κ3) is 2.54. The Balaban J connectivity index is 2.50. The largest absolute Gasteiger partial charge is 0.401 e. The van der Waals surface area contributed by atoms with Crippen molar-refractivity contribution in [2.45, 2.75) is 4.55 Å². The smallest absolute Gasteiger partial charge is 0.213 e. The molecule has 48 valence electrons. The SMILES string of the molecule is C=[CH][Mg][CH2]c1ccccc1. The van der Waals surface area contributed by atoms with Crippen LogP contribution in [-0.2, 0) is 4.55 Å². The molecule has 0 radical (unpaired) electrons. The molecule has 0 fully saturated rings. The third-order valence-electron chi connectivity index (χ3n) is 1.48. The van der Waals surface area contributed by atoms with Crippen LogP contribution in [-0.4, -0.2) is 20.4 Å². The normalized spacial score (nSPS) is 8.40. The van der Waals surface area contributed by atoms with E-state index in [2.05, 4.69) is 41.1 Å². The number of hydrogen-bond donors (Lipinski definition) is 0. The quantitative estimate of drug-likeness (QED) is 0.567. The molecule has 0 bridgehead atoms. The highest BCUT2D eigenvalue weighted by Crippen LogP contribution is 1.97. The van der Waals surface area contributed by atoms with Crippen molar-refractivity contribution in [3.05, 3.63) is 46.7 Å². The van der Waals surface area contributed by atoms with Gasteiger partial charge < -0.3 is 0 Å². The maximum Gasteiger partial charge on any atom is 0.401 e. The summed E-state index contributed by atoms with van der Waals surface area (Å²) in [5, 5.41) is 0. The van der Waals surface area contributed by atoms with E-state index in [4.69, 9.17) is 0 Å². The van der Waals surface area contributed by atoms with E-state index in [-0.39, 0.29) is 20.4 Å². The van der Waals surface area contributed by atoms with E-state index in [1.54, 1.807) is 0 Å². The van der Waals surface area contributed by atoms with Crippen molar-refractivity contribution in [1.82, 2.24) is 0 Å². The maximum absolute atomic E-state index is 3.74. The van der Waals surface area contributed by atoms with Crippen LogP contribution in [0.3, 0.4) is 0 Å². The molecule has 1 aromatic carbocycles. The molecule has 0 aromatic heterocycles. The van der Waals surface area contributed by atoms with Crippen LogP contribution < -0.4 is 0 Å². The summed E-state index contributed by atoms with van der Waals surface area (Å²) in [5.74, 6) is 0. The van der Waals surface area contributed by atoms with Gasteiger partial charge in [0, 0.05) is 0 Å². The van der Waals surface area contributed by atoms with Crippen molar-refractivity contribution in [2.24, 2.45) is 0 Å². The molecule has 0 spiro atoms. The number of rotatable bonds is 3. The zero-order valence-electron chi connectivity index (χ0n) is 6.09. The van der Waals surface area contributed by atoms with Crippen molar-refractivity contribution in [1.29, 1.82) is 0 Å². The molecule has 0 saturated heterocycles. The van der Waals surface area contributed by atoms with Gasteiger partial charge in [-0.05, 0) is 0 Å². The van der Waals surface area contributed by atoms with Gasteiger partial charge in [0.25, 0.3) is 0 Å². The zero-order valence-corrected chi connectivity index (χ0v) is 7.50. The van der Waals surface area contributed by atoms with E-state index in [1.807, 2.05) is 0 Å². The molecule has 1 aromatic rings. The molecule has 0 N–H and O–H groups in total. The Morgan fingerprint density at radius 2 is 2.00 bits per heavy atom.